The van der Waals surface area contributed by atoms with E-state index < -0.39 is 15.6 Å². The zero-order valence-corrected chi connectivity index (χ0v) is 11.9. The summed E-state index contributed by atoms with van der Waals surface area (Å²) in [5.41, 5.74) is -0.465. The molecular formula is C11H19N3O3S. The molecule has 1 fully saturated rings. The topological polar surface area (TPSA) is 64.4 Å². The summed E-state index contributed by atoms with van der Waals surface area (Å²) >= 11 is 0. The van der Waals surface area contributed by atoms with Gasteiger partial charge < -0.3 is 4.74 Å². The Bertz CT molecular complexity index is 535. The summed E-state index contributed by atoms with van der Waals surface area (Å²) < 4.78 is 33.6. The minimum Gasteiger partial charge on any atom is -0.370 e. The molecule has 2 heterocycles. The van der Waals surface area contributed by atoms with Crippen LogP contribution in [0.1, 0.15) is 20.8 Å². The van der Waals surface area contributed by atoms with Crippen LogP contribution in [0.4, 0.5) is 0 Å². The van der Waals surface area contributed by atoms with E-state index in [-0.39, 0.29) is 11.0 Å². The Labute approximate surface area is 108 Å². The number of sulfonamides is 1. The highest BCUT2D eigenvalue weighted by atomic mass is 32.2. The number of aromatic nitrogens is 2. The molecule has 1 saturated heterocycles. The monoisotopic (exact) mass is 273 g/mol. The molecule has 1 aromatic heterocycles. The Morgan fingerprint density at radius 3 is 2.67 bits per heavy atom. The average molecular weight is 273 g/mol. The Morgan fingerprint density at radius 2 is 2.17 bits per heavy atom. The fourth-order valence-electron chi connectivity index (χ4n) is 2.26. The van der Waals surface area contributed by atoms with Crippen molar-refractivity contribution in [1.82, 2.24) is 14.1 Å². The van der Waals surface area contributed by atoms with Crippen LogP contribution in [0.15, 0.2) is 17.3 Å². The smallest absolute Gasteiger partial charge is 0.246 e. The van der Waals surface area contributed by atoms with Crippen LogP contribution in [0.2, 0.25) is 0 Å². The van der Waals surface area contributed by atoms with Crippen molar-refractivity contribution in [3.8, 4) is 0 Å². The fourth-order valence-corrected chi connectivity index (χ4v) is 3.91. The Kier molecular flexibility index (Phi) is 3.25. The molecule has 18 heavy (non-hydrogen) atoms. The SMILES string of the molecule is CC1CN(S(=O)(=O)c2cnn(C)c2)CC(C)(C)O1. The van der Waals surface area contributed by atoms with Gasteiger partial charge in [-0.3, -0.25) is 4.68 Å². The summed E-state index contributed by atoms with van der Waals surface area (Å²) in [7, 11) is -1.78. The fraction of sp³-hybridized carbons (Fsp3) is 0.727. The number of rotatable bonds is 2. The summed E-state index contributed by atoms with van der Waals surface area (Å²) in [6.45, 7) is 6.41. The van der Waals surface area contributed by atoms with Gasteiger partial charge in [-0.25, -0.2) is 8.42 Å². The quantitative estimate of drug-likeness (QED) is 0.792. The Morgan fingerprint density at radius 1 is 1.50 bits per heavy atom. The third kappa shape index (κ3) is 2.57. The second-order valence-corrected chi connectivity index (χ2v) is 7.27. The molecule has 6 nitrogen and oxygen atoms in total. The van der Waals surface area contributed by atoms with E-state index in [0.29, 0.717) is 13.1 Å². The van der Waals surface area contributed by atoms with Crippen molar-refractivity contribution in [2.24, 2.45) is 7.05 Å². The summed E-state index contributed by atoms with van der Waals surface area (Å²) in [5, 5.41) is 3.91. The molecular weight excluding hydrogens is 254 g/mol. The molecule has 0 radical (unpaired) electrons. The van der Waals surface area contributed by atoms with Gasteiger partial charge in [0, 0.05) is 26.3 Å². The molecule has 1 aliphatic heterocycles. The van der Waals surface area contributed by atoms with Crippen LogP contribution in [0.25, 0.3) is 0 Å². The lowest BCUT2D eigenvalue weighted by molar-refractivity contribution is -0.109. The van der Waals surface area contributed by atoms with E-state index in [0.717, 1.165) is 0 Å². The van der Waals surface area contributed by atoms with E-state index in [1.807, 2.05) is 20.8 Å². The first kappa shape index (κ1) is 13.5. The maximum absolute atomic E-state index is 12.5. The van der Waals surface area contributed by atoms with Crippen LogP contribution >= 0.6 is 0 Å². The number of hydrogen-bond donors (Lipinski definition) is 0. The van der Waals surface area contributed by atoms with Crippen LogP contribution in [-0.4, -0.2) is 47.3 Å². The summed E-state index contributed by atoms with van der Waals surface area (Å²) in [6, 6.07) is 0. The number of hydrogen-bond acceptors (Lipinski definition) is 4. The summed E-state index contributed by atoms with van der Waals surface area (Å²) in [6.07, 6.45) is 2.78. The van der Waals surface area contributed by atoms with E-state index in [4.69, 9.17) is 4.74 Å². The van der Waals surface area contributed by atoms with Gasteiger partial charge in [-0.15, -0.1) is 0 Å². The third-order valence-electron chi connectivity index (χ3n) is 2.86. The summed E-state index contributed by atoms with van der Waals surface area (Å²) in [4.78, 5) is 0.231. The molecule has 1 aromatic rings. The summed E-state index contributed by atoms with van der Waals surface area (Å²) in [5.74, 6) is 0. The number of aryl methyl sites for hydroxylation is 1. The van der Waals surface area contributed by atoms with Gasteiger partial charge in [0.2, 0.25) is 10.0 Å². The minimum absolute atomic E-state index is 0.111. The third-order valence-corrected chi connectivity index (χ3v) is 4.62. The molecule has 0 bridgehead atoms. The highest BCUT2D eigenvalue weighted by Crippen LogP contribution is 2.25. The number of nitrogens with zero attached hydrogens (tertiary/aromatic N) is 3. The van der Waals surface area contributed by atoms with Crippen LogP contribution in [0.5, 0.6) is 0 Å². The van der Waals surface area contributed by atoms with Gasteiger partial charge in [-0.05, 0) is 20.8 Å². The molecule has 1 unspecified atom stereocenters. The first-order valence-corrected chi connectivity index (χ1v) is 7.31. The minimum atomic E-state index is -3.48. The second-order valence-electron chi connectivity index (χ2n) is 5.34. The first-order valence-electron chi connectivity index (χ1n) is 5.87. The van der Waals surface area contributed by atoms with E-state index >= 15 is 0 Å². The standard InChI is InChI=1S/C11H19N3O3S/c1-9-6-14(8-11(2,3)17-9)18(15,16)10-5-12-13(4)7-10/h5,7,9H,6,8H2,1-4H3. The maximum Gasteiger partial charge on any atom is 0.246 e. The van der Waals surface area contributed by atoms with E-state index in [2.05, 4.69) is 5.10 Å². The van der Waals surface area contributed by atoms with Gasteiger partial charge in [0.25, 0.3) is 0 Å². The van der Waals surface area contributed by atoms with Gasteiger partial charge >= 0.3 is 0 Å². The van der Waals surface area contributed by atoms with Crippen molar-refractivity contribution in [3.05, 3.63) is 12.4 Å². The van der Waals surface area contributed by atoms with E-state index in [1.54, 1.807) is 7.05 Å². The molecule has 0 saturated carbocycles. The Hall–Kier alpha value is -0.920. The molecule has 1 atom stereocenters. The lowest BCUT2D eigenvalue weighted by Crippen LogP contribution is -2.53. The zero-order chi connectivity index (χ0) is 13.6. The molecule has 0 aromatic carbocycles. The number of morpholine rings is 1. The van der Waals surface area contributed by atoms with Crippen molar-refractivity contribution in [2.75, 3.05) is 13.1 Å². The lowest BCUT2D eigenvalue weighted by Gasteiger charge is -2.40. The first-order chi connectivity index (χ1) is 8.21. The van der Waals surface area contributed by atoms with Gasteiger partial charge in [0.15, 0.2) is 0 Å². The molecule has 0 spiro atoms. The molecule has 0 N–H and O–H groups in total. The number of ether oxygens (including phenoxy) is 1. The van der Waals surface area contributed by atoms with Crippen LogP contribution in [0.3, 0.4) is 0 Å². The molecule has 7 heteroatoms. The van der Waals surface area contributed by atoms with Crippen LogP contribution in [0, 0.1) is 0 Å². The van der Waals surface area contributed by atoms with Crippen molar-refractivity contribution in [1.29, 1.82) is 0 Å². The van der Waals surface area contributed by atoms with Crippen molar-refractivity contribution in [2.45, 2.75) is 37.4 Å². The van der Waals surface area contributed by atoms with Crippen molar-refractivity contribution >= 4 is 10.0 Å². The molecule has 102 valence electrons. The van der Waals surface area contributed by atoms with Crippen LogP contribution < -0.4 is 0 Å². The van der Waals surface area contributed by atoms with Crippen LogP contribution in [-0.2, 0) is 21.8 Å². The highest BCUT2D eigenvalue weighted by Gasteiger charge is 2.38. The maximum atomic E-state index is 12.5. The molecule has 0 aliphatic carbocycles. The lowest BCUT2D eigenvalue weighted by atomic mass is 10.1. The Balaban J connectivity index is 2.30. The average Bonchev–Trinajstić information content (AvgIpc) is 2.62. The second kappa shape index (κ2) is 4.32. The molecule has 1 aliphatic rings. The van der Waals surface area contributed by atoms with Crippen molar-refractivity contribution in [3.63, 3.8) is 0 Å². The van der Waals surface area contributed by atoms with E-state index in [9.17, 15) is 8.42 Å². The van der Waals surface area contributed by atoms with Gasteiger partial charge in [0.05, 0.1) is 17.9 Å². The zero-order valence-electron chi connectivity index (χ0n) is 11.1. The highest BCUT2D eigenvalue weighted by molar-refractivity contribution is 7.89. The van der Waals surface area contributed by atoms with Gasteiger partial charge in [-0.2, -0.15) is 9.40 Å². The normalized spacial score (nSPS) is 25.2. The largest absolute Gasteiger partial charge is 0.370 e. The predicted octanol–water partition coefficient (Wildman–Crippen LogP) is 0.608. The van der Waals surface area contributed by atoms with E-state index in [1.165, 1.54) is 21.4 Å². The van der Waals surface area contributed by atoms with Crippen molar-refractivity contribution < 1.29 is 13.2 Å². The molecule has 2 rings (SSSR count). The van der Waals surface area contributed by atoms with Gasteiger partial charge in [-0.1, -0.05) is 0 Å². The van der Waals surface area contributed by atoms with Gasteiger partial charge in [0.1, 0.15) is 4.90 Å². The predicted molar refractivity (Wildman–Crippen MR) is 66.6 cm³/mol. The molecule has 0 amide bonds.